The molecule has 0 aliphatic heterocycles. The molecular weight excluding hydrogens is 300 g/mol. The van der Waals surface area contributed by atoms with Crippen LogP contribution in [0.3, 0.4) is 0 Å². The quantitative estimate of drug-likeness (QED) is 0.447. The van der Waals surface area contributed by atoms with E-state index in [4.69, 9.17) is 4.74 Å². The van der Waals surface area contributed by atoms with Crippen molar-refractivity contribution in [2.24, 2.45) is 0 Å². The van der Waals surface area contributed by atoms with E-state index >= 15 is 0 Å². The van der Waals surface area contributed by atoms with E-state index < -0.39 is 11.7 Å². The molecule has 0 bridgehead atoms. The highest BCUT2D eigenvalue weighted by Crippen LogP contribution is 2.14. The third-order valence-electron chi connectivity index (χ3n) is 3.40. The van der Waals surface area contributed by atoms with Gasteiger partial charge in [0.15, 0.2) is 0 Å². The van der Waals surface area contributed by atoms with E-state index in [1.807, 2.05) is 27.7 Å². The van der Waals surface area contributed by atoms with Crippen molar-refractivity contribution in [2.75, 3.05) is 0 Å². The predicted molar refractivity (Wildman–Crippen MR) is 102 cm³/mol. The Morgan fingerprint density at radius 3 is 2.08 bits per heavy atom. The fourth-order valence-corrected chi connectivity index (χ4v) is 2.26. The van der Waals surface area contributed by atoms with Crippen molar-refractivity contribution in [3.63, 3.8) is 0 Å². The largest absolute Gasteiger partial charge is 0.460 e. The van der Waals surface area contributed by atoms with Gasteiger partial charge in [-0.3, -0.25) is 4.79 Å². The molecule has 0 rings (SSSR count). The molecule has 0 amide bonds. The number of esters is 1. The summed E-state index contributed by atoms with van der Waals surface area (Å²) in [6, 6.07) is 0. The molecule has 1 N–H and O–H groups in total. The predicted octanol–water partition coefficient (Wildman–Crippen LogP) is 5.50. The minimum Gasteiger partial charge on any atom is -0.460 e. The molecule has 0 aliphatic rings. The Hall–Kier alpha value is -1.35. The topological polar surface area (TPSA) is 46.5 Å². The van der Waals surface area contributed by atoms with Crippen LogP contribution in [-0.2, 0) is 9.53 Å². The summed E-state index contributed by atoms with van der Waals surface area (Å²) in [5.74, 6) is -0.367. The van der Waals surface area contributed by atoms with E-state index in [9.17, 15) is 9.90 Å². The summed E-state index contributed by atoms with van der Waals surface area (Å²) in [6.07, 6.45) is 9.55. The molecule has 0 radical (unpaired) electrons. The highest BCUT2D eigenvalue weighted by Gasteiger charge is 2.18. The van der Waals surface area contributed by atoms with Crippen LogP contribution in [0.15, 0.2) is 34.9 Å². The van der Waals surface area contributed by atoms with E-state index in [1.165, 1.54) is 11.1 Å². The molecule has 24 heavy (non-hydrogen) atoms. The van der Waals surface area contributed by atoms with Gasteiger partial charge in [-0.05, 0) is 74.1 Å². The summed E-state index contributed by atoms with van der Waals surface area (Å²) in [4.78, 5) is 11.7. The second kappa shape index (κ2) is 11.2. The number of hydrogen-bond donors (Lipinski definition) is 1. The van der Waals surface area contributed by atoms with Crippen molar-refractivity contribution < 1.29 is 14.6 Å². The highest BCUT2D eigenvalue weighted by atomic mass is 16.6. The standard InChI is InChI=1S/C21H36O3/c1-16(2)10-8-11-17(3)12-9-13-18(4)14-19(22)15-20(23)24-21(5,6)7/h10,12,14,19,22H,8-9,11,13,15H2,1-7H3. The van der Waals surface area contributed by atoms with Gasteiger partial charge in [-0.2, -0.15) is 0 Å². The van der Waals surface area contributed by atoms with Crippen LogP contribution >= 0.6 is 0 Å². The second-order valence-electron chi connectivity index (χ2n) is 7.78. The van der Waals surface area contributed by atoms with Crippen molar-refractivity contribution in [3.8, 4) is 0 Å². The maximum atomic E-state index is 11.7. The first-order chi connectivity index (χ1) is 11.0. The van der Waals surface area contributed by atoms with Crippen LogP contribution in [-0.4, -0.2) is 22.8 Å². The van der Waals surface area contributed by atoms with Crippen LogP contribution in [0.2, 0.25) is 0 Å². The van der Waals surface area contributed by atoms with Crippen molar-refractivity contribution in [1.82, 2.24) is 0 Å². The average molecular weight is 337 g/mol. The zero-order chi connectivity index (χ0) is 18.8. The molecule has 0 heterocycles. The Morgan fingerprint density at radius 1 is 1.00 bits per heavy atom. The van der Waals surface area contributed by atoms with Gasteiger partial charge in [0.2, 0.25) is 0 Å². The monoisotopic (exact) mass is 336 g/mol. The molecule has 0 aromatic heterocycles. The van der Waals surface area contributed by atoms with Crippen molar-refractivity contribution in [2.45, 2.75) is 92.3 Å². The van der Waals surface area contributed by atoms with E-state index in [1.54, 1.807) is 6.08 Å². The summed E-state index contributed by atoms with van der Waals surface area (Å²) in [5.41, 5.74) is 3.35. The fourth-order valence-electron chi connectivity index (χ4n) is 2.26. The molecule has 3 heteroatoms. The molecule has 138 valence electrons. The molecule has 0 fully saturated rings. The van der Waals surface area contributed by atoms with Gasteiger partial charge < -0.3 is 9.84 Å². The Morgan fingerprint density at radius 2 is 1.54 bits per heavy atom. The summed E-state index contributed by atoms with van der Waals surface area (Å²) in [6.45, 7) is 13.9. The van der Waals surface area contributed by atoms with Crippen LogP contribution in [0, 0.1) is 0 Å². The van der Waals surface area contributed by atoms with Crippen LogP contribution < -0.4 is 0 Å². The minimum absolute atomic E-state index is 0.00613. The Kier molecular flexibility index (Phi) is 10.6. The second-order valence-corrected chi connectivity index (χ2v) is 7.78. The van der Waals surface area contributed by atoms with Crippen molar-refractivity contribution in [1.29, 1.82) is 0 Å². The number of carbonyl (C=O) groups is 1. The fraction of sp³-hybridized carbons (Fsp3) is 0.667. The smallest absolute Gasteiger partial charge is 0.309 e. The van der Waals surface area contributed by atoms with Gasteiger partial charge in [0.1, 0.15) is 5.60 Å². The molecule has 1 atom stereocenters. The minimum atomic E-state index is -0.775. The normalized spacial score (nSPS) is 14.3. The van der Waals surface area contributed by atoms with Crippen LogP contribution in [0.25, 0.3) is 0 Å². The lowest BCUT2D eigenvalue weighted by Gasteiger charge is -2.20. The van der Waals surface area contributed by atoms with Gasteiger partial charge in [0, 0.05) is 0 Å². The number of carbonyl (C=O) groups excluding carboxylic acids is 1. The van der Waals surface area contributed by atoms with Gasteiger partial charge >= 0.3 is 5.97 Å². The maximum absolute atomic E-state index is 11.7. The first-order valence-corrected chi connectivity index (χ1v) is 8.86. The van der Waals surface area contributed by atoms with Gasteiger partial charge in [0.25, 0.3) is 0 Å². The average Bonchev–Trinajstić information content (AvgIpc) is 2.34. The Bertz CT molecular complexity index is 472. The molecule has 0 saturated carbocycles. The van der Waals surface area contributed by atoms with Crippen molar-refractivity contribution in [3.05, 3.63) is 34.9 Å². The number of hydrogen-bond acceptors (Lipinski definition) is 3. The summed E-state index contributed by atoms with van der Waals surface area (Å²) in [5, 5.41) is 9.96. The first-order valence-electron chi connectivity index (χ1n) is 8.86. The lowest BCUT2D eigenvalue weighted by molar-refractivity contribution is -0.156. The highest BCUT2D eigenvalue weighted by molar-refractivity contribution is 5.70. The number of allylic oxidation sites excluding steroid dienone is 5. The third kappa shape index (κ3) is 14.3. The Balaban J connectivity index is 4.21. The lowest BCUT2D eigenvalue weighted by atomic mass is 10.0. The van der Waals surface area contributed by atoms with E-state index in [2.05, 4.69) is 32.9 Å². The van der Waals surface area contributed by atoms with Crippen LogP contribution in [0.1, 0.15) is 80.6 Å². The molecule has 0 aromatic rings. The van der Waals surface area contributed by atoms with E-state index in [0.29, 0.717) is 0 Å². The zero-order valence-corrected chi connectivity index (χ0v) is 16.6. The number of ether oxygens (including phenoxy) is 1. The summed E-state index contributed by atoms with van der Waals surface area (Å²) < 4.78 is 5.21. The summed E-state index contributed by atoms with van der Waals surface area (Å²) >= 11 is 0. The van der Waals surface area contributed by atoms with E-state index in [0.717, 1.165) is 31.3 Å². The number of rotatable bonds is 9. The first kappa shape index (κ1) is 22.6. The van der Waals surface area contributed by atoms with Gasteiger partial charge in [-0.15, -0.1) is 0 Å². The van der Waals surface area contributed by atoms with Gasteiger partial charge in [-0.1, -0.05) is 34.9 Å². The maximum Gasteiger partial charge on any atom is 0.309 e. The molecule has 0 aromatic carbocycles. The Labute approximate surface area is 148 Å². The SMILES string of the molecule is CC(C)=CCCC(C)=CCCC(C)=CC(O)CC(=O)OC(C)(C)C. The van der Waals surface area contributed by atoms with Crippen molar-refractivity contribution >= 4 is 5.97 Å². The van der Waals surface area contributed by atoms with E-state index in [-0.39, 0.29) is 12.4 Å². The van der Waals surface area contributed by atoms with Crippen LogP contribution in [0.4, 0.5) is 0 Å². The molecular formula is C21H36O3. The van der Waals surface area contributed by atoms with Gasteiger partial charge in [-0.25, -0.2) is 0 Å². The lowest BCUT2D eigenvalue weighted by Crippen LogP contribution is -2.26. The summed E-state index contributed by atoms with van der Waals surface area (Å²) in [7, 11) is 0. The molecule has 1 unspecified atom stereocenters. The number of aliphatic hydroxyl groups is 1. The third-order valence-corrected chi connectivity index (χ3v) is 3.40. The molecule has 0 spiro atoms. The molecule has 0 saturated heterocycles. The molecule has 0 aliphatic carbocycles. The van der Waals surface area contributed by atoms with Crippen LogP contribution in [0.5, 0.6) is 0 Å². The zero-order valence-electron chi connectivity index (χ0n) is 16.6. The molecule has 3 nitrogen and oxygen atoms in total. The number of aliphatic hydroxyl groups excluding tert-OH is 1. The van der Waals surface area contributed by atoms with Gasteiger partial charge in [0.05, 0.1) is 12.5 Å².